The lowest BCUT2D eigenvalue weighted by molar-refractivity contribution is -0.115. The number of hydrogen-bond donors (Lipinski definition) is 2. The molecular formula is C12H17N3O. The second kappa shape index (κ2) is 4.04. The van der Waals surface area contributed by atoms with Crippen LogP contribution in [-0.2, 0) is 11.2 Å². The second-order valence-corrected chi connectivity index (χ2v) is 3.97. The molecule has 86 valence electrons. The lowest BCUT2D eigenvalue weighted by atomic mass is 10.1. The van der Waals surface area contributed by atoms with Crippen molar-refractivity contribution in [2.75, 3.05) is 29.0 Å². The summed E-state index contributed by atoms with van der Waals surface area (Å²) in [7, 11) is 0. The molecule has 16 heavy (non-hydrogen) atoms. The number of fused-ring (bicyclic) bond motifs is 1. The van der Waals surface area contributed by atoms with Crippen LogP contribution in [0.25, 0.3) is 0 Å². The van der Waals surface area contributed by atoms with Gasteiger partial charge in [0.15, 0.2) is 0 Å². The Morgan fingerprint density at radius 3 is 2.69 bits per heavy atom. The number of hydrogen-bond acceptors (Lipinski definition) is 3. The second-order valence-electron chi connectivity index (χ2n) is 3.97. The lowest BCUT2D eigenvalue weighted by Gasteiger charge is -2.23. The van der Waals surface area contributed by atoms with Gasteiger partial charge in [-0.3, -0.25) is 4.79 Å². The fraction of sp³-hybridized carbons (Fsp3) is 0.417. The van der Waals surface area contributed by atoms with Crippen LogP contribution in [0.5, 0.6) is 0 Å². The molecule has 1 amide bonds. The van der Waals surface area contributed by atoms with Crippen LogP contribution in [0.15, 0.2) is 12.1 Å². The van der Waals surface area contributed by atoms with Gasteiger partial charge in [0.05, 0.1) is 17.8 Å². The highest BCUT2D eigenvalue weighted by atomic mass is 16.1. The monoisotopic (exact) mass is 219 g/mol. The SMILES string of the molecule is CCN(CC)c1cc2c(cc1N)NC(=O)C2. The highest BCUT2D eigenvalue weighted by molar-refractivity contribution is 6.00. The largest absolute Gasteiger partial charge is 0.397 e. The predicted molar refractivity (Wildman–Crippen MR) is 66.7 cm³/mol. The lowest BCUT2D eigenvalue weighted by Crippen LogP contribution is -2.23. The van der Waals surface area contributed by atoms with Crippen molar-refractivity contribution in [3.63, 3.8) is 0 Å². The van der Waals surface area contributed by atoms with Gasteiger partial charge in [-0.25, -0.2) is 0 Å². The Labute approximate surface area is 95.4 Å². The van der Waals surface area contributed by atoms with E-state index in [1.807, 2.05) is 12.1 Å². The molecular weight excluding hydrogens is 202 g/mol. The fourth-order valence-corrected chi connectivity index (χ4v) is 2.12. The molecule has 0 bridgehead atoms. The van der Waals surface area contributed by atoms with Gasteiger partial charge in [-0.1, -0.05) is 0 Å². The Morgan fingerprint density at radius 2 is 2.06 bits per heavy atom. The zero-order valence-electron chi connectivity index (χ0n) is 9.71. The number of anilines is 3. The van der Waals surface area contributed by atoms with E-state index in [1.54, 1.807) is 0 Å². The molecule has 0 fully saturated rings. The minimum atomic E-state index is 0.0473. The van der Waals surface area contributed by atoms with Crippen LogP contribution in [0.1, 0.15) is 19.4 Å². The number of nitrogen functional groups attached to an aromatic ring is 1. The minimum Gasteiger partial charge on any atom is -0.397 e. The number of rotatable bonds is 3. The molecule has 0 atom stereocenters. The van der Waals surface area contributed by atoms with Gasteiger partial charge in [-0.2, -0.15) is 0 Å². The smallest absolute Gasteiger partial charge is 0.228 e. The molecule has 0 saturated heterocycles. The molecule has 3 N–H and O–H groups in total. The number of benzene rings is 1. The molecule has 1 aromatic rings. The van der Waals surface area contributed by atoms with Crippen LogP contribution in [0.2, 0.25) is 0 Å². The first-order chi connectivity index (χ1) is 7.65. The third-order valence-corrected chi connectivity index (χ3v) is 2.98. The number of nitrogens with one attached hydrogen (secondary N) is 1. The van der Waals surface area contributed by atoms with Gasteiger partial charge in [0.1, 0.15) is 0 Å². The van der Waals surface area contributed by atoms with Crippen LogP contribution < -0.4 is 16.0 Å². The summed E-state index contributed by atoms with van der Waals surface area (Å²) in [4.78, 5) is 13.5. The summed E-state index contributed by atoms with van der Waals surface area (Å²) in [6.45, 7) is 6.03. The normalized spacial score (nSPS) is 13.5. The van der Waals surface area contributed by atoms with Gasteiger partial charge < -0.3 is 16.0 Å². The Morgan fingerprint density at radius 1 is 1.38 bits per heavy atom. The number of nitrogens with two attached hydrogens (primary N) is 1. The molecule has 1 heterocycles. The molecule has 0 aromatic heterocycles. The highest BCUT2D eigenvalue weighted by Gasteiger charge is 2.20. The van der Waals surface area contributed by atoms with E-state index in [-0.39, 0.29) is 5.91 Å². The van der Waals surface area contributed by atoms with Crippen LogP contribution in [0.4, 0.5) is 17.1 Å². The van der Waals surface area contributed by atoms with Crippen LogP contribution in [-0.4, -0.2) is 19.0 Å². The number of nitrogens with zero attached hydrogens (tertiary/aromatic N) is 1. The average molecular weight is 219 g/mol. The van der Waals surface area contributed by atoms with E-state index in [1.165, 1.54) is 0 Å². The Kier molecular flexibility index (Phi) is 2.73. The first kappa shape index (κ1) is 10.8. The number of amides is 1. The van der Waals surface area contributed by atoms with Crippen LogP contribution in [0, 0.1) is 0 Å². The maximum Gasteiger partial charge on any atom is 0.228 e. The molecule has 2 rings (SSSR count). The van der Waals surface area contributed by atoms with E-state index < -0.39 is 0 Å². The van der Waals surface area contributed by atoms with Gasteiger partial charge in [-0.15, -0.1) is 0 Å². The van der Waals surface area contributed by atoms with E-state index in [0.29, 0.717) is 6.42 Å². The summed E-state index contributed by atoms with van der Waals surface area (Å²) in [5, 5.41) is 2.80. The van der Waals surface area contributed by atoms with E-state index in [4.69, 9.17) is 5.73 Å². The number of carbonyl (C=O) groups excluding carboxylic acids is 1. The maximum absolute atomic E-state index is 11.3. The third kappa shape index (κ3) is 1.71. The van der Waals surface area contributed by atoms with Crippen molar-refractivity contribution >= 4 is 23.0 Å². The summed E-state index contributed by atoms with van der Waals surface area (Å²) in [6.07, 6.45) is 0.462. The van der Waals surface area contributed by atoms with E-state index >= 15 is 0 Å². The van der Waals surface area contributed by atoms with Gasteiger partial charge in [0.25, 0.3) is 0 Å². The summed E-state index contributed by atoms with van der Waals surface area (Å²) in [5.74, 6) is 0.0473. The Hall–Kier alpha value is -1.71. The van der Waals surface area contributed by atoms with Gasteiger partial charge in [0.2, 0.25) is 5.91 Å². The van der Waals surface area contributed by atoms with Gasteiger partial charge in [0, 0.05) is 18.8 Å². The van der Waals surface area contributed by atoms with Crippen LogP contribution in [0.3, 0.4) is 0 Å². The zero-order chi connectivity index (χ0) is 11.7. The topological polar surface area (TPSA) is 58.4 Å². The molecule has 0 saturated carbocycles. The van der Waals surface area contributed by atoms with E-state index in [2.05, 4.69) is 24.1 Å². The van der Waals surface area contributed by atoms with E-state index in [9.17, 15) is 4.79 Å². The van der Waals surface area contributed by atoms with Crippen molar-refractivity contribution in [1.82, 2.24) is 0 Å². The average Bonchev–Trinajstić information content (AvgIpc) is 2.59. The fourth-order valence-electron chi connectivity index (χ4n) is 2.12. The first-order valence-corrected chi connectivity index (χ1v) is 5.62. The van der Waals surface area contributed by atoms with Gasteiger partial charge >= 0.3 is 0 Å². The molecule has 0 spiro atoms. The van der Waals surface area contributed by atoms with Crippen molar-refractivity contribution in [3.05, 3.63) is 17.7 Å². The maximum atomic E-state index is 11.3. The first-order valence-electron chi connectivity index (χ1n) is 5.62. The quantitative estimate of drug-likeness (QED) is 0.759. The number of carbonyl (C=O) groups is 1. The zero-order valence-corrected chi connectivity index (χ0v) is 9.71. The molecule has 0 radical (unpaired) electrons. The highest BCUT2D eigenvalue weighted by Crippen LogP contribution is 2.33. The Balaban J connectivity index is 2.41. The summed E-state index contributed by atoms with van der Waals surface area (Å²) in [6, 6.07) is 3.88. The molecule has 1 aromatic carbocycles. The molecule has 0 aliphatic carbocycles. The Bertz CT molecular complexity index is 425. The summed E-state index contributed by atoms with van der Waals surface area (Å²) in [5.41, 5.74) is 9.65. The van der Waals surface area contributed by atoms with Crippen molar-refractivity contribution in [2.45, 2.75) is 20.3 Å². The van der Waals surface area contributed by atoms with Crippen molar-refractivity contribution in [1.29, 1.82) is 0 Å². The molecule has 0 unspecified atom stereocenters. The van der Waals surface area contributed by atoms with Crippen molar-refractivity contribution in [3.8, 4) is 0 Å². The molecule has 1 aliphatic rings. The van der Waals surface area contributed by atoms with Gasteiger partial charge in [-0.05, 0) is 31.5 Å². The van der Waals surface area contributed by atoms with E-state index in [0.717, 1.165) is 35.7 Å². The van der Waals surface area contributed by atoms with Crippen LogP contribution >= 0.6 is 0 Å². The van der Waals surface area contributed by atoms with Crippen molar-refractivity contribution in [2.24, 2.45) is 0 Å². The summed E-state index contributed by atoms with van der Waals surface area (Å²) < 4.78 is 0. The molecule has 1 aliphatic heterocycles. The van der Waals surface area contributed by atoms with Crippen molar-refractivity contribution < 1.29 is 4.79 Å². The third-order valence-electron chi connectivity index (χ3n) is 2.98. The summed E-state index contributed by atoms with van der Waals surface area (Å²) >= 11 is 0. The minimum absolute atomic E-state index is 0.0473. The molecule has 4 heteroatoms. The standard InChI is InChI=1S/C12H17N3O/c1-3-15(4-2)11-5-8-6-12(16)14-10(8)7-9(11)13/h5,7H,3-4,6,13H2,1-2H3,(H,14,16). The molecule has 4 nitrogen and oxygen atoms in total. The predicted octanol–water partition coefficient (Wildman–Crippen LogP) is 1.61.